The maximum Gasteiger partial charge on any atom is 0.330 e. The average molecular weight is 509 g/mol. The Labute approximate surface area is 199 Å². The van der Waals surface area contributed by atoms with Crippen molar-refractivity contribution in [3.8, 4) is 11.1 Å². The van der Waals surface area contributed by atoms with Gasteiger partial charge in [-0.3, -0.25) is 9.80 Å². The number of rotatable bonds is 7. The Morgan fingerprint density at radius 3 is 2.53 bits per heavy atom. The van der Waals surface area contributed by atoms with Crippen LogP contribution in [0.3, 0.4) is 0 Å². The number of aliphatic hydroxyl groups excluding tert-OH is 1. The molecule has 0 saturated carbocycles. The van der Waals surface area contributed by atoms with Crippen molar-refractivity contribution < 1.29 is 27.1 Å². The number of aromatic nitrogens is 1. The standard InChI is InChI=1S/C22H22F2N4O4S2/c1-14-20(34(31,32)25-9-12-29)33-21(26-14)28-11-2-10-27(22(28)30)17-6-3-15(4-7-17)18-13-16(23)5-8-19(18)24/h3-8,13,25,29H,2,9-12H2,1H3. The second-order valence-corrected chi connectivity index (χ2v) is 10.5. The first kappa shape index (κ1) is 24.2. The second kappa shape index (κ2) is 9.74. The smallest absolute Gasteiger partial charge is 0.330 e. The van der Waals surface area contributed by atoms with Crippen LogP contribution in [0, 0.1) is 18.6 Å². The molecular formula is C22H22F2N4O4S2. The Bertz CT molecular complexity index is 1310. The van der Waals surface area contributed by atoms with E-state index < -0.39 is 21.7 Å². The number of sulfonamides is 1. The largest absolute Gasteiger partial charge is 0.395 e. The molecule has 0 atom stereocenters. The zero-order valence-corrected chi connectivity index (χ0v) is 19.8. The lowest BCUT2D eigenvalue weighted by atomic mass is 10.0. The fraction of sp³-hybridized carbons (Fsp3) is 0.273. The quantitative estimate of drug-likeness (QED) is 0.509. The van der Waals surface area contributed by atoms with E-state index in [9.17, 15) is 22.0 Å². The van der Waals surface area contributed by atoms with Crippen molar-refractivity contribution in [1.29, 1.82) is 0 Å². The normalized spacial score (nSPS) is 14.6. The molecule has 8 nitrogen and oxygen atoms in total. The number of carbonyl (C=O) groups excluding carboxylic acids is 1. The maximum atomic E-state index is 14.1. The van der Waals surface area contributed by atoms with Gasteiger partial charge in [0.15, 0.2) is 9.34 Å². The molecule has 1 aliphatic rings. The van der Waals surface area contributed by atoms with Gasteiger partial charge in [0.1, 0.15) is 11.6 Å². The van der Waals surface area contributed by atoms with Crippen molar-refractivity contribution in [2.45, 2.75) is 17.6 Å². The van der Waals surface area contributed by atoms with Gasteiger partial charge in [0.2, 0.25) is 0 Å². The first-order valence-corrected chi connectivity index (χ1v) is 12.7. The van der Waals surface area contributed by atoms with Crippen LogP contribution in [0.1, 0.15) is 12.1 Å². The molecule has 180 valence electrons. The van der Waals surface area contributed by atoms with E-state index in [2.05, 4.69) is 9.71 Å². The maximum absolute atomic E-state index is 14.1. The van der Waals surface area contributed by atoms with Crippen LogP contribution >= 0.6 is 11.3 Å². The van der Waals surface area contributed by atoms with Crippen molar-refractivity contribution in [2.75, 3.05) is 36.0 Å². The molecule has 0 aliphatic carbocycles. The van der Waals surface area contributed by atoms with E-state index in [0.29, 0.717) is 30.8 Å². The van der Waals surface area contributed by atoms with E-state index in [-0.39, 0.29) is 39.8 Å². The summed E-state index contributed by atoms with van der Waals surface area (Å²) < 4.78 is 54.8. The number of anilines is 2. The summed E-state index contributed by atoms with van der Waals surface area (Å²) >= 11 is 0.885. The Morgan fingerprint density at radius 2 is 1.82 bits per heavy atom. The SMILES string of the molecule is Cc1nc(N2CCCN(c3ccc(-c4cc(F)ccc4F)cc3)C2=O)sc1S(=O)(=O)NCCO. The predicted molar refractivity (Wildman–Crippen MR) is 126 cm³/mol. The van der Waals surface area contributed by atoms with Crippen molar-refractivity contribution in [3.63, 3.8) is 0 Å². The number of urea groups is 1. The first-order chi connectivity index (χ1) is 16.2. The molecular weight excluding hydrogens is 486 g/mol. The monoisotopic (exact) mass is 508 g/mol. The van der Waals surface area contributed by atoms with Crippen LogP contribution in [-0.2, 0) is 10.0 Å². The van der Waals surface area contributed by atoms with Crippen LogP contribution in [0.2, 0.25) is 0 Å². The van der Waals surface area contributed by atoms with E-state index in [1.807, 2.05) is 0 Å². The van der Waals surface area contributed by atoms with Crippen molar-refractivity contribution in [3.05, 3.63) is 59.8 Å². The van der Waals surface area contributed by atoms with Crippen LogP contribution < -0.4 is 14.5 Å². The molecule has 12 heteroatoms. The summed E-state index contributed by atoms with van der Waals surface area (Å²) in [6.45, 7) is 1.90. The molecule has 1 aliphatic heterocycles. The minimum absolute atomic E-state index is 0.0117. The topological polar surface area (TPSA) is 103 Å². The molecule has 34 heavy (non-hydrogen) atoms. The van der Waals surface area contributed by atoms with Crippen molar-refractivity contribution in [2.24, 2.45) is 0 Å². The van der Waals surface area contributed by atoms with Gasteiger partial charge < -0.3 is 5.11 Å². The number of halogens is 2. The summed E-state index contributed by atoms with van der Waals surface area (Å²) in [5.74, 6) is -1.10. The van der Waals surface area contributed by atoms with Gasteiger partial charge in [-0.2, -0.15) is 0 Å². The summed E-state index contributed by atoms with van der Waals surface area (Å²) in [5.41, 5.74) is 1.43. The molecule has 1 fully saturated rings. The third kappa shape index (κ3) is 4.80. The van der Waals surface area contributed by atoms with Gasteiger partial charge in [-0.05, 0) is 49.2 Å². The summed E-state index contributed by atoms with van der Waals surface area (Å²) in [7, 11) is -3.85. The lowest BCUT2D eigenvalue weighted by molar-refractivity contribution is 0.248. The van der Waals surface area contributed by atoms with Gasteiger partial charge in [-0.15, -0.1) is 0 Å². The molecule has 1 aromatic heterocycles. The van der Waals surface area contributed by atoms with Crippen LogP contribution in [0.5, 0.6) is 0 Å². The Balaban J connectivity index is 1.57. The van der Waals surface area contributed by atoms with E-state index >= 15 is 0 Å². The number of aryl methyl sites for hydroxylation is 1. The number of nitrogens with one attached hydrogen (secondary N) is 1. The van der Waals surface area contributed by atoms with Gasteiger partial charge in [0.05, 0.1) is 12.3 Å². The van der Waals surface area contributed by atoms with Crippen molar-refractivity contribution >= 4 is 38.2 Å². The van der Waals surface area contributed by atoms with Crippen LogP contribution in [0.15, 0.2) is 46.7 Å². The molecule has 0 radical (unpaired) electrons. The van der Waals surface area contributed by atoms with E-state index in [1.54, 1.807) is 31.2 Å². The molecule has 2 N–H and O–H groups in total. The summed E-state index contributed by atoms with van der Waals surface area (Å²) in [6.07, 6.45) is 0.621. The average Bonchev–Trinajstić information content (AvgIpc) is 3.22. The van der Waals surface area contributed by atoms with Crippen molar-refractivity contribution in [1.82, 2.24) is 9.71 Å². The third-order valence-corrected chi connectivity index (χ3v) is 8.52. The van der Waals surface area contributed by atoms with Crippen LogP contribution in [-0.4, -0.2) is 50.8 Å². The highest BCUT2D eigenvalue weighted by atomic mass is 32.2. The zero-order valence-electron chi connectivity index (χ0n) is 18.2. The highest BCUT2D eigenvalue weighted by molar-refractivity contribution is 7.91. The highest BCUT2D eigenvalue weighted by Gasteiger charge is 2.32. The Hall–Kier alpha value is -2.93. The van der Waals surface area contributed by atoms with Gasteiger partial charge >= 0.3 is 6.03 Å². The third-order valence-electron chi connectivity index (χ3n) is 5.27. The lowest BCUT2D eigenvalue weighted by Crippen LogP contribution is -2.49. The van der Waals surface area contributed by atoms with Crippen LogP contribution in [0.25, 0.3) is 11.1 Å². The summed E-state index contributed by atoms with van der Waals surface area (Å²) in [5, 5.41) is 9.16. The van der Waals surface area contributed by atoms with E-state index in [0.717, 1.165) is 29.5 Å². The molecule has 2 aromatic carbocycles. The number of carbonyl (C=O) groups is 1. The van der Waals surface area contributed by atoms with E-state index in [1.165, 1.54) is 9.80 Å². The molecule has 2 heterocycles. The fourth-order valence-corrected chi connectivity index (χ4v) is 6.25. The number of thiazole rings is 1. The van der Waals surface area contributed by atoms with Crippen LogP contribution in [0.4, 0.5) is 24.4 Å². The minimum Gasteiger partial charge on any atom is -0.395 e. The highest BCUT2D eigenvalue weighted by Crippen LogP contribution is 2.33. The molecule has 2 amide bonds. The molecule has 0 spiro atoms. The number of aliphatic hydroxyl groups is 1. The van der Waals surface area contributed by atoms with Gasteiger partial charge in [0.25, 0.3) is 10.0 Å². The van der Waals surface area contributed by atoms with Gasteiger partial charge in [-0.1, -0.05) is 23.5 Å². The molecule has 0 bridgehead atoms. The minimum atomic E-state index is -3.85. The summed E-state index contributed by atoms with van der Waals surface area (Å²) in [4.78, 5) is 20.5. The zero-order chi connectivity index (χ0) is 24.5. The molecule has 4 rings (SSSR count). The number of hydrogen-bond acceptors (Lipinski definition) is 6. The fourth-order valence-electron chi connectivity index (χ4n) is 3.66. The molecule has 1 saturated heterocycles. The van der Waals surface area contributed by atoms with Gasteiger partial charge in [-0.25, -0.2) is 31.7 Å². The Kier molecular flexibility index (Phi) is 6.94. The number of amides is 2. The first-order valence-electron chi connectivity index (χ1n) is 10.4. The molecule has 3 aromatic rings. The van der Waals surface area contributed by atoms with E-state index in [4.69, 9.17) is 5.11 Å². The van der Waals surface area contributed by atoms with Gasteiger partial charge in [0, 0.05) is 30.9 Å². The Morgan fingerprint density at radius 1 is 1.12 bits per heavy atom. The number of hydrogen-bond donors (Lipinski definition) is 2. The lowest BCUT2D eigenvalue weighted by Gasteiger charge is -2.34. The summed E-state index contributed by atoms with van der Waals surface area (Å²) in [6, 6.07) is 9.41. The number of benzene rings is 2. The second-order valence-electron chi connectivity index (χ2n) is 7.60. The number of nitrogens with zero attached hydrogens (tertiary/aromatic N) is 3. The molecule has 0 unspecified atom stereocenters. The predicted octanol–water partition coefficient (Wildman–Crippen LogP) is 3.50.